The highest BCUT2D eigenvalue weighted by Gasteiger charge is 2.56. The summed E-state index contributed by atoms with van der Waals surface area (Å²) in [5, 5.41) is 22.9. The number of hydrogen-bond acceptors (Lipinski definition) is 9. The number of fused-ring (bicyclic) bond motifs is 2. The Morgan fingerprint density at radius 1 is 0.976 bits per heavy atom. The number of imide groups is 1. The first-order valence-corrected chi connectivity index (χ1v) is 15.0. The van der Waals surface area contributed by atoms with Crippen LogP contribution >= 0.6 is 39.0 Å². The summed E-state index contributed by atoms with van der Waals surface area (Å²) >= 11 is 5.43. The Balaban J connectivity index is 1.39. The minimum atomic E-state index is -0.894. The summed E-state index contributed by atoms with van der Waals surface area (Å²) < 4.78 is 2.13. The molecule has 1 saturated heterocycles. The number of halogens is 1. The van der Waals surface area contributed by atoms with E-state index in [0.717, 1.165) is 38.0 Å². The van der Waals surface area contributed by atoms with Gasteiger partial charge in [-0.05, 0) is 54.1 Å². The molecule has 1 aromatic heterocycles. The number of benzene rings is 3. The van der Waals surface area contributed by atoms with Crippen molar-refractivity contribution in [3.05, 3.63) is 107 Å². The quantitative estimate of drug-likeness (QED) is 0.130. The van der Waals surface area contributed by atoms with Crippen molar-refractivity contribution < 1.29 is 24.4 Å². The number of carbonyl (C=O) groups excluding carboxylic acids is 3. The zero-order valence-corrected chi connectivity index (χ0v) is 24.5. The van der Waals surface area contributed by atoms with Gasteiger partial charge in [-0.3, -0.25) is 33.9 Å². The molecule has 0 spiro atoms. The van der Waals surface area contributed by atoms with Crippen LogP contribution in [0, 0.1) is 16.0 Å². The highest BCUT2D eigenvalue weighted by atomic mass is 79.9. The normalized spacial score (nSPS) is 19.4. The van der Waals surface area contributed by atoms with Crippen LogP contribution in [-0.2, 0) is 20.9 Å². The molecule has 0 saturated carbocycles. The zero-order valence-electron chi connectivity index (χ0n) is 21.3. The fourth-order valence-electron chi connectivity index (χ4n) is 5.15. The standard InChI is InChI=1S/C28H19BrN4O7S2/c29-15-3-1-14(2-4-15)21-22-23(26(37)32(25(22)36)17-7-9-18(10-8-17)33(39)40)41-27-24(21)42-28(38)31(27)13-20(35)30-16-5-11-19(34)12-6-16/h1-12,21-23,34H,13H2,(H,30,35)/t21-,22-,23+/m0/s1. The van der Waals surface area contributed by atoms with Crippen molar-refractivity contribution in [2.45, 2.75) is 22.7 Å². The Labute approximate surface area is 254 Å². The summed E-state index contributed by atoms with van der Waals surface area (Å²) in [6.45, 7) is -0.322. The molecule has 3 atom stereocenters. The number of carbonyl (C=O) groups is 3. The number of aromatic nitrogens is 1. The Kier molecular flexibility index (Phi) is 7.20. The van der Waals surface area contributed by atoms with Crippen molar-refractivity contribution in [1.29, 1.82) is 0 Å². The van der Waals surface area contributed by atoms with Gasteiger partial charge in [0.25, 0.3) is 5.69 Å². The molecule has 2 N–H and O–H groups in total. The highest BCUT2D eigenvalue weighted by Crippen LogP contribution is 2.54. The van der Waals surface area contributed by atoms with E-state index in [-0.39, 0.29) is 23.7 Å². The van der Waals surface area contributed by atoms with E-state index < -0.39 is 44.6 Å². The predicted molar refractivity (Wildman–Crippen MR) is 160 cm³/mol. The Bertz CT molecular complexity index is 1800. The lowest BCUT2D eigenvalue weighted by atomic mass is 9.83. The second kappa shape index (κ2) is 10.9. The van der Waals surface area contributed by atoms with E-state index in [2.05, 4.69) is 21.2 Å². The number of thioether (sulfide) groups is 1. The molecule has 1 fully saturated rings. The van der Waals surface area contributed by atoms with Gasteiger partial charge in [0, 0.05) is 33.1 Å². The lowest BCUT2D eigenvalue weighted by molar-refractivity contribution is -0.384. The molecular formula is C28H19BrN4O7S2. The van der Waals surface area contributed by atoms with E-state index in [0.29, 0.717) is 15.6 Å². The molecule has 2 aliphatic rings. The summed E-state index contributed by atoms with van der Waals surface area (Å²) in [5.41, 5.74) is 1.21. The number of phenolic OH excluding ortho intramolecular Hbond substituents is 1. The summed E-state index contributed by atoms with van der Waals surface area (Å²) in [6.07, 6.45) is 0. The summed E-state index contributed by atoms with van der Waals surface area (Å²) in [6, 6.07) is 18.4. The molecular weight excluding hydrogens is 648 g/mol. The van der Waals surface area contributed by atoms with Crippen LogP contribution in [0.25, 0.3) is 0 Å². The SMILES string of the molecule is O=C(Cn1c2c(sc1=O)[C@@H](c1ccc(Br)cc1)[C@@H]1C(=O)N(c3ccc([N+](=O)[O-])cc3)C(=O)[C@@H]1S2)Nc1ccc(O)cc1. The molecule has 11 nitrogen and oxygen atoms in total. The molecule has 0 unspecified atom stereocenters. The molecule has 6 rings (SSSR count). The summed E-state index contributed by atoms with van der Waals surface area (Å²) in [5.74, 6) is -2.90. The van der Waals surface area contributed by atoms with E-state index >= 15 is 0 Å². The molecule has 2 aliphatic heterocycles. The molecule has 3 aromatic carbocycles. The molecule has 14 heteroatoms. The third kappa shape index (κ3) is 4.91. The lowest BCUT2D eigenvalue weighted by Gasteiger charge is -2.30. The van der Waals surface area contributed by atoms with Crippen LogP contribution in [0.5, 0.6) is 5.75 Å². The second-order valence-electron chi connectivity index (χ2n) is 9.60. The van der Waals surface area contributed by atoms with Crippen molar-refractivity contribution in [3.63, 3.8) is 0 Å². The van der Waals surface area contributed by atoms with E-state index in [1.165, 1.54) is 53.1 Å². The van der Waals surface area contributed by atoms with Crippen LogP contribution in [0.15, 0.2) is 87.1 Å². The molecule has 212 valence electrons. The van der Waals surface area contributed by atoms with Gasteiger partial charge >= 0.3 is 4.87 Å². The first kappa shape index (κ1) is 27.9. The number of nitro groups is 1. The molecule has 0 aliphatic carbocycles. The third-order valence-corrected chi connectivity index (χ3v) is 10.2. The fourth-order valence-corrected chi connectivity index (χ4v) is 8.19. The molecule has 0 bridgehead atoms. The molecule has 0 radical (unpaired) electrons. The van der Waals surface area contributed by atoms with Gasteiger partial charge in [-0.25, -0.2) is 4.90 Å². The van der Waals surface area contributed by atoms with Gasteiger partial charge in [-0.1, -0.05) is 51.2 Å². The molecule has 3 heterocycles. The number of thiazole rings is 1. The van der Waals surface area contributed by atoms with Crippen molar-refractivity contribution in [2.75, 3.05) is 10.2 Å². The Morgan fingerprint density at radius 3 is 2.29 bits per heavy atom. The maximum atomic E-state index is 13.9. The van der Waals surface area contributed by atoms with Gasteiger partial charge in [0.1, 0.15) is 17.5 Å². The van der Waals surface area contributed by atoms with Gasteiger partial charge in [-0.2, -0.15) is 0 Å². The minimum Gasteiger partial charge on any atom is -0.508 e. The topological polar surface area (TPSA) is 152 Å². The maximum Gasteiger partial charge on any atom is 0.308 e. The van der Waals surface area contributed by atoms with Gasteiger partial charge in [-0.15, -0.1) is 0 Å². The smallest absolute Gasteiger partial charge is 0.308 e. The van der Waals surface area contributed by atoms with Crippen molar-refractivity contribution in [3.8, 4) is 5.75 Å². The monoisotopic (exact) mass is 666 g/mol. The second-order valence-corrected chi connectivity index (χ2v) is 12.6. The summed E-state index contributed by atoms with van der Waals surface area (Å²) in [4.78, 5) is 65.6. The zero-order chi connectivity index (χ0) is 29.7. The average Bonchev–Trinajstić information content (AvgIpc) is 3.41. The van der Waals surface area contributed by atoms with E-state index in [1.807, 2.05) is 24.3 Å². The van der Waals surface area contributed by atoms with Gasteiger partial charge in [0.2, 0.25) is 17.7 Å². The Morgan fingerprint density at radius 2 is 1.64 bits per heavy atom. The van der Waals surface area contributed by atoms with Crippen molar-refractivity contribution >= 4 is 73.8 Å². The number of nitrogens with zero attached hydrogens (tertiary/aromatic N) is 3. The largest absolute Gasteiger partial charge is 0.508 e. The van der Waals surface area contributed by atoms with Crippen molar-refractivity contribution in [1.82, 2.24) is 4.57 Å². The number of non-ortho nitro benzene ring substituents is 1. The van der Waals surface area contributed by atoms with Crippen LogP contribution in [0.3, 0.4) is 0 Å². The van der Waals surface area contributed by atoms with E-state index in [1.54, 1.807) is 0 Å². The van der Waals surface area contributed by atoms with Gasteiger partial charge in [0.05, 0.1) is 21.6 Å². The number of phenols is 1. The van der Waals surface area contributed by atoms with Crippen LogP contribution in [0.4, 0.5) is 17.1 Å². The first-order chi connectivity index (χ1) is 20.1. The number of anilines is 2. The number of hydrogen-bond donors (Lipinski definition) is 2. The van der Waals surface area contributed by atoms with Gasteiger partial charge < -0.3 is 10.4 Å². The van der Waals surface area contributed by atoms with E-state index in [9.17, 15) is 34.4 Å². The van der Waals surface area contributed by atoms with E-state index in [4.69, 9.17) is 0 Å². The van der Waals surface area contributed by atoms with Crippen LogP contribution in [0.1, 0.15) is 16.4 Å². The summed E-state index contributed by atoms with van der Waals surface area (Å²) in [7, 11) is 0. The minimum absolute atomic E-state index is 0.0413. The average molecular weight is 668 g/mol. The fraction of sp³-hybridized carbons (Fsp3) is 0.143. The number of amides is 3. The maximum absolute atomic E-state index is 13.9. The van der Waals surface area contributed by atoms with Crippen LogP contribution < -0.4 is 15.1 Å². The van der Waals surface area contributed by atoms with Crippen molar-refractivity contribution in [2.24, 2.45) is 5.92 Å². The van der Waals surface area contributed by atoms with Crippen LogP contribution in [0.2, 0.25) is 0 Å². The molecule has 42 heavy (non-hydrogen) atoms. The number of nitrogens with one attached hydrogen (secondary N) is 1. The molecule has 4 aromatic rings. The molecule has 3 amide bonds. The third-order valence-electron chi connectivity index (χ3n) is 7.05. The number of rotatable bonds is 6. The predicted octanol–water partition coefficient (Wildman–Crippen LogP) is 4.72. The van der Waals surface area contributed by atoms with Crippen LogP contribution in [-0.4, -0.2) is 37.6 Å². The highest BCUT2D eigenvalue weighted by molar-refractivity contribution is 9.10. The van der Waals surface area contributed by atoms with Gasteiger partial charge in [0.15, 0.2) is 0 Å². The number of nitro benzene ring substituents is 1. The number of aromatic hydroxyl groups is 1. The Hall–Kier alpha value is -4.27. The first-order valence-electron chi connectivity index (χ1n) is 12.5. The lowest BCUT2D eigenvalue weighted by Crippen LogP contribution is -2.33.